The molecule has 1 aromatic rings. The Morgan fingerprint density at radius 2 is 2.00 bits per heavy atom. The molecular formula is C11H10F5NO3. The smallest absolute Gasteiger partial charge is 0.405 e. The molecule has 0 heterocycles. The Balaban J connectivity index is 3.01. The molecule has 1 aromatic carbocycles. The van der Waals surface area contributed by atoms with Crippen LogP contribution >= 0.6 is 0 Å². The molecule has 0 aliphatic heterocycles. The van der Waals surface area contributed by atoms with E-state index in [1.165, 1.54) is 12.1 Å². The first kappa shape index (κ1) is 16.0. The predicted molar refractivity (Wildman–Crippen MR) is 58.0 cm³/mol. The number of rotatable bonds is 5. The van der Waals surface area contributed by atoms with Gasteiger partial charge >= 0.3 is 12.8 Å². The van der Waals surface area contributed by atoms with Crippen LogP contribution in [0.25, 0.3) is 0 Å². The van der Waals surface area contributed by atoms with Gasteiger partial charge in [0.25, 0.3) is 5.91 Å². The molecule has 1 N–H and O–H groups in total. The second-order valence-electron chi connectivity index (χ2n) is 3.51. The lowest BCUT2D eigenvalue weighted by Gasteiger charge is -2.14. The van der Waals surface area contributed by atoms with Gasteiger partial charge in [0.2, 0.25) is 0 Å². The number of amides is 1. The van der Waals surface area contributed by atoms with Gasteiger partial charge in [-0.15, -0.1) is 0 Å². The number of hydrogen-bond donors (Lipinski definition) is 1. The van der Waals surface area contributed by atoms with E-state index in [1.807, 2.05) is 0 Å². The van der Waals surface area contributed by atoms with Gasteiger partial charge in [0.05, 0.1) is 12.7 Å². The highest BCUT2D eigenvalue weighted by Crippen LogP contribution is 2.32. The van der Waals surface area contributed by atoms with Crippen LogP contribution in [0.15, 0.2) is 18.2 Å². The number of hydrogen-bond acceptors (Lipinski definition) is 3. The normalized spacial score (nSPS) is 11.3. The third kappa shape index (κ3) is 4.56. The molecule has 0 spiro atoms. The molecule has 1 rings (SSSR count). The lowest BCUT2D eigenvalue weighted by atomic mass is 10.1. The highest BCUT2D eigenvalue weighted by atomic mass is 19.4. The molecule has 0 radical (unpaired) electrons. The Hall–Kier alpha value is -2.06. The van der Waals surface area contributed by atoms with Gasteiger partial charge in [-0.3, -0.25) is 4.79 Å². The van der Waals surface area contributed by atoms with Crippen LogP contribution in [0.2, 0.25) is 0 Å². The van der Waals surface area contributed by atoms with Crippen molar-refractivity contribution in [3.63, 3.8) is 0 Å². The zero-order valence-electron chi connectivity index (χ0n) is 10.1. The van der Waals surface area contributed by atoms with Crippen molar-refractivity contribution in [1.82, 2.24) is 5.32 Å². The maximum absolute atomic E-state index is 12.3. The van der Waals surface area contributed by atoms with E-state index < -0.39 is 36.6 Å². The fourth-order valence-corrected chi connectivity index (χ4v) is 1.34. The van der Waals surface area contributed by atoms with Gasteiger partial charge in [-0.1, -0.05) is 6.07 Å². The minimum absolute atomic E-state index is 0.190. The van der Waals surface area contributed by atoms with Gasteiger partial charge in [0.1, 0.15) is 6.54 Å². The van der Waals surface area contributed by atoms with Crippen LogP contribution in [0.1, 0.15) is 10.4 Å². The van der Waals surface area contributed by atoms with Crippen molar-refractivity contribution in [2.75, 3.05) is 13.7 Å². The molecule has 0 saturated carbocycles. The quantitative estimate of drug-likeness (QED) is 0.850. The van der Waals surface area contributed by atoms with Crippen molar-refractivity contribution in [2.45, 2.75) is 12.8 Å². The van der Waals surface area contributed by atoms with Crippen LogP contribution in [0.3, 0.4) is 0 Å². The zero-order valence-corrected chi connectivity index (χ0v) is 10.1. The number of carbonyl (C=O) groups is 1. The van der Waals surface area contributed by atoms with E-state index in [1.54, 1.807) is 5.32 Å². The molecule has 0 atom stereocenters. The molecule has 20 heavy (non-hydrogen) atoms. The molecule has 0 saturated heterocycles. The largest absolute Gasteiger partial charge is 0.493 e. The first-order chi connectivity index (χ1) is 9.24. The van der Waals surface area contributed by atoms with Gasteiger partial charge in [-0.2, -0.15) is 22.0 Å². The van der Waals surface area contributed by atoms with Crippen molar-refractivity contribution in [3.05, 3.63) is 23.8 Å². The van der Waals surface area contributed by atoms with Gasteiger partial charge in [0.15, 0.2) is 11.5 Å². The standard InChI is InChI=1S/C11H10F5NO3/c1-19-7-4-2-3-6(8(7)20-10(12)13)9(18)17-5-11(14,15)16/h2-4,10H,5H2,1H3,(H,17,18). The molecule has 4 nitrogen and oxygen atoms in total. The van der Waals surface area contributed by atoms with Gasteiger partial charge < -0.3 is 14.8 Å². The maximum Gasteiger partial charge on any atom is 0.405 e. The molecule has 0 aliphatic rings. The number of halogens is 5. The number of ether oxygens (including phenoxy) is 2. The Morgan fingerprint density at radius 1 is 1.35 bits per heavy atom. The number of carbonyl (C=O) groups excluding carboxylic acids is 1. The number of methoxy groups -OCH3 is 1. The molecule has 9 heteroatoms. The van der Waals surface area contributed by atoms with E-state index in [2.05, 4.69) is 4.74 Å². The average molecular weight is 299 g/mol. The second kappa shape index (κ2) is 6.40. The third-order valence-electron chi connectivity index (χ3n) is 2.10. The Kier molecular flexibility index (Phi) is 5.12. The summed E-state index contributed by atoms with van der Waals surface area (Å²) >= 11 is 0. The topological polar surface area (TPSA) is 47.6 Å². The van der Waals surface area contributed by atoms with E-state index in [0.29, 0.717) is 0 Å². The summed E-state index contributed by atoms with van der Waals surface area (Å²) in [5.74, 6) is -2.01. The molecule has 112 valence electrons. The zero-order chi connectivity index (χ0) is 15.3. The van der Waals surface area contributed by atoms with Crippen LogP contribution in [-0.2, 0) is 0 Å². The van der Waals surface area contributed by atoms with Crippen molar-refractivity contribution >= 4 is 5.91 Å². The Bertz CT molecular complexity index is 476. The van der Waals surface area contributed by atoms with E-state index in [0.717, 1.165) is 13.2 Å². The van der Waals surface area contributed by atoms with E-state index in [-0.39, 0.29) is 5.75 Å². The lowest BCUT2D eigenvalue weighted by molar-refractivity contribution is -0.123. The summed E-state index contributed by atoms with van der Waals surface area (Å²) in [6.07, 6.45) is -4.61. The summed E-state index contributed by atoms with van der Waals surface area (Å²) < 4.78 is 69.4. The Morgan fingerprint density at radius 3 is 2.50 bits per heavy atom. The van der Waals surface area contributed by atoms with Crippen LogP contribution in [0.4, 0.5) is 22.0 Å². The predicted octanol–water partition coefficient (Wildman–Crippen LogP) is 2.59. The molecule has 1 amide bonds. The highest BCUT2D eigenvalue weighted by Gasteiger charge is 2.29. The van der Waals surface area contributed by atoms with E-state index in [9.17, 15) is 26.7 Å². The third-order valence-corrected chi connectivity index (χ3v) is 2.10. The fourth-order valence-electron chi connectivity index (χ4n) is 1.34. The minimum atomic E-state index is -4.61. The summed E-state index contributed by atoms with van der Waals surface area (Å²) in [5, 5.41) is 1.56. The van der Waals surface area contributed by atoms with Gasteiger partial charge in [-0.25, -0.2) is 0 Å². The number of nitrogens with one attached hydrogen (secondary N) is 1. The van der Waals surface area contributed by atoms with Crippen LogP contribution in [0, 0.1) is 0 Å². The summed E-state index contributed by atoms with van der Waals surface area (Å²) in [5.41, 5.74) is -0.478. The summed E-state index contributed by atoms with van der Waals surface area (Å²) in [6.45, 7) is -4.84. The maximum atomic E-state index is 12.3. The fraction of sp³-hybridized carbons (Fsp3) is 0.364. The summed E-state index contributed by atoms with van der Waals surface area (Å²) in [6, 6.07) is 3.55. The summed E-state index contributed by atoms with van der Waals surface area (Å²) in [7, 11) is 1.14. The first-order valence-electron chi connectivity index (χ1n) is 5.21. The molecular weight excluding hydrogens is 289 g/mol. The number of benzene rings is 1. The Labute approximate surface area is 110 Å². The molecule has 0 aromatic heterocycles. The SMILES string of the molecule is COc1cccc(C(=O)NCC(F)(F)F)c1OC(F)F. The van der Waals surface area contributed by atoms with Crippen molar-refractivity contribution in [1.29, 1.82) is 0 Å². The average Bonchev–Trinajstić information content (AvgIpc) is 2.34. The molecule has 0 fully saturated rings. The monoisotopic (exact) mass is 299 g/mol. The van der Waals surface area contributed by atoms with Crippen LogP contribution in [0.5, 0.6) is 11.5 Å². The van der Waals surface area contributed by atoms with Gasteiger partial charge in [-0.05, 0) is 12.1 Å². The van der Waals surface area contributed by atoms with Gasteiger partial charge in [0, 0.05) is 0 Å². The first-order valence-corrected chi connectivity index (χ1v) is 5.21. The molecule has 0 aliphatic carbocycles. The highest BCUT2D eigenvalue weighted by molar-refractivity contribution is 5.97. The minimum Gasteiger partial charge on any atom is -0.493 e. The summed E-state index contributed by atoms with van der Waals surface area (Å²) in [4.78, 5) is 11.6. The van der Waals surface area contributed by atoms with Crippen LogP contribution in [-0.4, -0.2) is 32.3 Å². The molecule has 0 bridgehead atoms. The van der Waals surface area contributed by atoms with Crippen molar-refractivity contribution < 1.29 is 36.2 Å². The number of alkyl halides is 5. The number of para-hydroxylation sites is 1. The van der Waals surface area contributed by atoms with Crippen molar-refractivity contribution in [3.8, 4) is 11.5 Å². The molecule has 0 unspecified atom stereocenters. The van der Waals surface area contributed by atoms with Crippen LogP contribution < -0.4 is 14.8 Å². The lowest BCUT2D eigenvalue weighted by Crippen LogP contribution is -2.34. The second-order valence-corrected chi connectivity index (χ2v) is 3.51. The van der Waals surface area contributed by atoms with E-state index in [4.69, 9.17) is 4.74 Å². The van der Waals surface area contributed by atoms with Crippen molar-refractivity contribution in [2.24, 2.45) is 0 Å². The van der Waals surface area contributed by atoms with E-state index >= 15 is 0 Å².